The van der Waals surface area contributed by atoms with Crippen LogP contribution in [0.2, 0.25) is 0 Å². The summed E-state index contributed by atoms with van der Waals surface area (Å²) < 4.78 is 5.30. The highest BCUT2D eigenvalue weighted by Gasteiger charge is 2.21. The summed E-state index contributed by atoms with van der Waals surface area (Å²) in [6.07, 6.45) is 6.48. The molecule has 4 heteroatoms. The number of anilines is 1. The van der Waals surface area contributed by atoms with Crippen molar-refractivity contribution in [2.45, 2.75) is 31.3 Å². The monoisotopic (exact) mass is 243 g/mol. The molecular formula is C14H17N3O. The van der Waals surface area contributed by atoms with E-state index in [0.29, 0.717) is 12.1 Å². The molecule has 94 valence electrons. The van der Waals surface area contributed by atoms with Gasteiger partial charge < -0.3 is 15.5 Å². The standard InChI is InChI=1S/C14H17N3O/c15-11-4-5-13(7-11)17-12-3-1-2-10(6-12)14-8-16-9-18-14/h1-3,6,8-9,11,13,17H,4-5,7,15H2. The van der Waals surface area contributed by atoms with Gasteiger partial charge in [-0.3, -0.25) is 0 Å². The second-order valence-corrected chi connectivity index (χ2v) is 4.86. The first-order chi connectivity index (χ1) is 8.81. The minimum Gasteiger partial charge on any atom is -0.444 e. The Labute approximate surface area is 106 Å². The van der Waals surface area contributed by atoms with Gasteiger partial charge in [0.15, 0.2) is 12.2 Å². The lowest BCUT2D eigenvalue weighted by Crippen LogP contribution is -2.20. The third-order valence-electron chi connectivity index (χ3n) is 3.42. The molecule has 0 bridgehead atoms. The maximum absolute atomic E-state index is 5.92. The average Bonchev–Trinajstić information content (AvgIpc) is 3.01. The molecule has 1 heterocycles. The second-order valence-electron chi connectivity index (χ2n) is 4.86. The first kappa shape index (κ1) is 11.3. The summed E-state index contributed by atoms with van der Waals surface area (Å²) in [6.45, 7) is 0. The summed E-state index contributed by atoms with van der Waals surface area (Å²) in [5.74, 6) is 0.793. The van der Waals surface area contributed by atoms with Crippen molar-refractivity contribution in [3.8, 4) is 11.3 Å². The van der Waals surface area contributed by atoms with Gasteiger partial charge in [0.2, 0.25) is 0 Å². The number of nitrogens with two attached hydrogens (primary N) is 1. The van der Waals surface area contributed by atoms with E-state index in [-0.39, 0.29) is 0 Å². The van der Waals surface area contributed by atoms with Gasteiger partial charge in [0.1, 0.15) is 0 Å². The van der Waals surface area contributed by atoms with Crippen molar-refractivity contribution in [1.29, 1.82) is 0 Å². The van der Waals surface area contributed by atoms with Gasteiger partial charge in [0.25, 0.3) is 0 Å². The van der Waals surface area contributed by atoms with Gasteiger partial charge in [-0.1, -0.05) is 12.1 Å². The SMILES string of the molecule is NC1CCC(Nc2cccc(-c3cnco3)c2)C1. The Hall–Kier alpha value is -1.81. The number of nitrogens with zero attached hydrogens (tertiary/aromatic N) is 1. The number of rotatable bonds is 3. The molecule has 3 rings (SSSR count). The van der Waals surface area contributed by atoms with Crippen molar-refractivity contribution < 1.29 is 4.42 Å². The van der Waals surface area contributed by atoms with Crippen LogP contribution in [-0.4, -0.2) is 17.1 Å². The predicted octanol–water partition coefficient (Wildman–Crippen LogP) is 2.63. The summed E-state index contributed by atoms with van der Waals surface area (Å²) in [6, 6.07) is 9.04. The van der Waals surface area contributed by atoms with Gasteiger partial charge in [-0.2, -0.15) is 0 Å². The smallest absolute Gasteiger partial charge is 0.181 e. The quantitative estimate of drug-likeness (QED) is 0.869. The Kier molecular flexibility index (Phi) is 3.02. The Balaban J connectivity index is 1.75. The minimum atomic E-state index is 0.347. The number of aromatic nitrogens is 1. The van der Waals surface area contributed by atoms with E-state index in [1.165, 1.54) is 6.39 Å². The molecule has 1 saturated carbocycles. The lowest BCUT2D eigenvalue weighted by molar-refractivity contribution is 0.572. The number of benzene rings is 1. The molecule has 18 heavy (non-hydrogen) atoms. The van der Waals surface area contributed by atoms with Crippen molar-refractivity contribution in [3.05, 3.63) is 36.9 Å². The molecule has 1 aliphatic rings. The highest BCUT2D eigenvalue weighted by atomic mass is 16.3. The van der Waals surface area contributed by atoms with Gasteiger partial charge in [-0.15, -0.1) is 0 Å². The van der Waals surface area contributed by atoms with E-state index < -0.39 is 0 Å². The van der Waals surface area contributed by atoms with Crippen LogP contribution in [0.5, 0.6) is 0 Å². The highest BCUT2D eigenvalue weighted by molar-refractivity contribution is 5.63. The number of oxazole rings is 1. The van der Waals surface area contributed by atoms with Crippen LogP contribution in [0.3, 0.4) is 0 Å². The lowest BCUT2D eigenvalue weighted by Gasteiger charge is -2.14. The fourth-order valence-corrected chi connectivity index (χ4v) is 2.50. The molecule has 2 unspecified atom stereocenters. The van der Waals surface area contributed by atoms with E-state index in [2.05, 4.69) is 22.4 Å². The molecule has 2 atom stereocenters. The Bertz CT molecular complexity index is 510. The van der Waals surface area contributed by atoms with Gasteiger partial charge in [-0.25, -0.2) is 4.98 Å². The summed E-state index contributed by atoms with van der Waals surface area (Å²) in [5, 5.41) is 3.53. The fraction of sp³-hybridized carbons (Fsp3) is 0.357. The number of nitrogens with one attached hydrogen (secondary N) is 1. The summed E-state index contributed by atoms with van der Waals surface area (Å²) >= 11 is 0. The van der Waals surface area contributed by atoms with Crippen LogP contribution in [0.15, 0.2) is 41.3 Å². The molecule has 0 aliphatic heterocycles. The largest absolute Gasteiger partial charge is 0.444 e. The molecule has 0 amide bonds. The van der Waals surface area contributed by atoms with Crippen LogP contribution in [0.25, 0.3) is 11.3 Å². The van der Waals surface area contributed by atoms with E-state index in [9.17, 15) is 0 Å². The van der Waals surface area contributed by atoms with E-state index in [1.54, 1.807) is 6.20 Å². The zero-order valence-corrected chi connectivity index (χ0v) is 10.2. The molecular weight excluding hydrogens is 226 g/mol. The first-order valence-corrected chi connectivity index (χ1v) is 6.32. The topological polar surface area (TPSA) is 64.1 Å². The van der Waals surface area contributed by atoms with Crippen molar-refractivity contribution in [1.82, 2.24) is 4.98 Å². The number of hydrogen-bond donors (Lipinski definition) is 2. The zero-order valence-electron chi connectivity index (χ0n) is 10.2. The lowest BCUT2D eigenvalue weighted by atomic mass is 10.1. The maximum atomic E-state index is 5.92. The van der Waals surface area contributed by atoms with E-state index in [1.807, 2.05) is 12.1 Å². The molecule has 2 aromatic rings. The van der Waals surface area contributed by atoms with Crippen molar-refractivity contribution in [2.24, 2.45) is 5.73 Å². The third-order valence-corrected chi connectivity index (χ3v) is 3.42. The molecule has 0 saturated heterocycles. The maximum Gasteiger partial charge on any atom is 0.181 e. The van der Waals surface area contributed by atoms with Gasteiger partial charge >= 0.3 is 0 Å². The van der Waals surface area contributed by atoms with Crippen LogP contribution >= 0.6 is 0 Å². The van der Waals surface area contributed by atoms with Crippen molar-refractivity contribution in [3.63, 3.8) is 0 Å². The van der Waals surface area contributed by atoms with E-state index >= 15 is 0 Å². The summed E-state index contributed by atoms with van der Waals surface area (Å²) in [7, 11) is 0. The third kappa shape index (κ3) is 2.38. The van der Waals surface area contributed by atoms with E-state index in [0.717, 1.165) is 36.3 Å². The normalized spacial score (nSPS) is 23.2. The van der Waals surface area contributed by atoms with Crippen molar-refractivity contribution in [2.75, 3.05) is 5.32 Å². The zero-order chi connectivity index (χ0) is 12.4. The van der Waals surface area contributed by atoms with Crippen LogP contribution in [0.4, 0.5) is 5.69 Å². The second kappa shape index (κ2) is 4.82. The predicted molar refractivity (Wildman–Crippen MR) is 71.2 cm³/mol. The van der Waals surface area contributed by atoms with Crippen LogP contribution in [0, 0.1) is 0 Å². The molecule has 1 aliphatic carbocycles. The molecule has 0 radical (unpaired) electrons. The van der Waals surface area contributed by atoms with Crippen LogP contribution in [-0.2, 0) is 0 Å². The van der Waals surface area contributed by atoms with Crippen LogP contribution < -0.4 is 11.1 Å². The molecule has 3 N–H and O–H groups in total. The van der Waals surface area contributed by atoms with Gasteiger partial charge in [-0.05, 0) is 31.4 Å². The van der Waals surface area contributed by atoms with Gasteiger partial charge in [0, 0.05) is 23.3 Å². The first-order valence-electron chi connectivity index (χ1n) is 6.32. The summed E-state index contributed by atoms with van der Waals surface area (Å²) in [5.41, 5.74) is 8.08. The highest BCUT2D eigenvalue weighted by Crippen LogP contribution is 2.25. The minimum absolute atomic E-state index is 0.347. The van der Waals surface area contributed by atoms with Gasteiger partial charge in [0.05, 0.1) is 6.20 Å². The fourth-order valence-electron chi connectivity index (χ4n) is 2.50. The average molecular weight is 243 g/mol. The summed E-state index contributed by atoms with van der Waals surface area (Å²) in [4.78, 5) is 3.94. The van der Waals surface area contributed by atoms with Crippen molar-refractivity contribution >= 4 is 5.69 Å². The molecule has 1 fully saturated rings. The molecule has 4 nitrogen and oxygen atoms in total. The van der Waals surface area contributed by atoms with E-state index in [4.69, 9.17) is 10.2 Å². The Morgan fingerprint density at radius 1 is 1.33 bits per heavy atom. The molecule has 1 aromatic heterocycles. The molecule has 0 spiro atoms. The Morgan fingerprint density at radius 2 is 2.28 bits per heavy atom. The Morgan fingerprint density at radius 3 is 3.00 bits per heavy atom. The van der Waals surface area contributed by atoms with Crippen LogP contribution in [0.1, 0.15) is 19.3 Å². The number of hydrogen-bond acceptors (Lipinski definition) is 4. The molecule has 1 aromatic carbocycles.